The number of hydrogen-bond donors (Lipinski definition) is 1. The van der Waals surface area contributed by atoms with E-state index in [1.807, 2.05) is 13.0 Å². The molecule has 0 spiro atoms. The molecule has 2 aromatic rings. The highest BCUT2D eigenvalue weighted by Gasteiger charge is 2.10. The van der Waals surface area contributed by atoms with Crippen molar-refractivity contribution in [2.45, 2.75) is 13.3 Å². The van der Waals surface area contributed by atoms with Crippen molar-refractivity contribution in [1.82, 2.24) is 4.98 Å². The number of terminal acetylenes is 1. The van der Waals surface area contributed by atoms with Crippen LogP contribution in [0.4, 0.5) is 10.1 Å². The number of halogens is 1. The molecule has 1 aromatic heterocycles. The van der Waals surface area contributed by atoms with Crippen molar-refractivity contribution in [3.8, 4) is 12.3 Å². The van der Waals surface area contributed by atoms with Gasteiger partial charge in [0.25, 0.3) is 0 Å². The number of nitrogens with two attached hydrogens (primary N) is 1. The van der Waals surface area contributed by atoms with Crippen LogP contribution in [-0.2, 0) is 6.42 Å². The fourth-order valence-corrected chi connectivity index (χ4v) is 1.83. The molecular formula is C13H11FN2. The first-order valence-corrected chi connectivity index (χ1v) is 5.00. The van der Waals surface area contributed by atoms with E-state index in [-0.39, 0.29) is 5.56 Å². The lowest BCUT2D eigenvalue weighted by atomic mass is 10.0. The van der Waals surface area contributed by atoms with Gasteiger partial charge in [0, 0.05) is 11.1 Å². The van der Waals surface area contributed by atoms with Gasteiger partial charge in [0.05, 0.1) is 17.3 Å². The molecule has 0 radical (unpaired) electrons. The Kier molecular flexibility index (Phi) is 2.49. The van der Waals surface area contributed by atoms with Crippen molar-refractivity contribution in [2.75, 3.05) is 5.73 Å². The monoisotopic (exact) mass is 214 g/mol. The molecule has 80 valence electrons. The summed E-state index contributed by atoms with van der Waals surface area (Å²) in [5, 5.41) is 0.694. The Morgan fingerprint density at radius 3 is 2.88 bits per heavy atom. The minimum absolute atomic E-state index is 0.266. The number of anilines is 1. The first-order chi connectivity index (χ1) is 7.67. The Morgan fingerprint density at radius 2 is 2.25 bits per heavy atom. The van der Waals surface area contributed by atoms with Gasteiger partial charge in [-0.3, -0.25) is 4.98 Å². The number of aryl methyl sites for hydroxylation is 1. The zero-order valence-electron chi connectivity index (χ0n) is 8.92. The Balaban J connectivity index is 2.97. The van der Waals surface area contributed by atoms with Gasteiger partial charge in [-0.1, -0.05) is 12.8 Å². The molecule has 2 nitrogen and oxygen atoms in total. The average Bonchev–Trinajstić information content (AvgIpc) is 2.28. The molecular weight excluding hydrogens is 203 g/mol. The summed E-state index contributed by atoms with van der Waals surface area (Å²) in [7, 11) is 0. The maximum absolute atomic E-state index is 13.5. The molecule has 1 heterocycles. The minimum Gasteiger partial charge on any atom is -0.399 e. The first-order valence-electron chi connectivity index (χ1n) is 5.00. The topological polar surface area (TPSA) is 38.9 Å². The lowest BCUT2D eigenvalue weighted by Crippen LogP contribution is -1.96. The van der Waals surface area contributed by atoms with Crippen LogP contribution in [0.5, 0.6) is 0 Å². The molecule has 0 saturated heterocycles. The van der Waals surface area contributed by atoms with Crippen LogP contribution in [0.3, 0.4) is 0 Å². The number of pyridine rings is 1. The molecule has 0 saturated carbocycles. The highest BCUT2D eigenvalue weighted by atomic mass is 19.1. The Labute approximate surface area is 93.3 Å². The number of nitrogen functional groups attached to an aromatic ring is 1. The third-order valence-corrected chi connectivity index (χ3v) is 2.55. The second-order valence-electron chi connectivity index (χ2n) is 3.55. The quantitative estimate of drug-likeness (QED) is 0.585. The highest BCUT2D eigenvalue weighted by molar-refractivity contribution is 5.90. The molecule has 0 aliphatic rings. The number of hydrogen-bond acceptors (Lipinski definition) is 2. The van der Waals surface area contributed by atoms with Crippen molar-refractivity contribution >= 4 is 16.6 Å². The molecule has 0 bridgehead atoms. The van der Waals surface area contributed by atoms with Crippen molar-refractivity contribution in [2.24, 2.45) is 0 Å². The zero-order chi connectivity index (χ0) is 11.7. The fourth-order valence-electron chi connectivity index (χ4n) is 1.83. The minimum atomic E-state index is -0.463. The van der Waals surface area contributed by atoms with Gasteiger partial charge in [0.15, 0.2) is 5.82 Å². The third-order valence-electron chi connectivity index (χ3n) is 2.55. The van der Waals surface area contributed by atoms with Gasteiger partial charge < -0.3 is 5.73 Å². The van der Waals surface area contributed by atoms with E-state index in [1.165, 1.54) is 0 Å². The molecule has 0 fully saturated rings. The predicted octanol–water partition coefficient (Wildman–Crippen LogP) is 2.50. The predicted molar refractivity (Wildman–Crippen MR) is 63.4 cm³/mol. The molecule has 0 aliphatic heterocycles. The van der Waals surface area contributed by atoms with E-state index in [2.05, 4.69) is 10.9 Å². The van der Waals surface area contributed by atoms with Gasteiger partial charge >= 0.3 is 0 Å². The van der Waals surface area contributed by atoms with Crippen LogP contribution in [0.25, 0.3) is 10.9 Å². The summed E-state index contributed by atoms with van der Waals surface area (Å²) < 4.78 is 13.5. The van der Waals surface area contributed by atoms with Crippen LogP contribution in [-0.4, -0.2) is 4.98 Å². The van der Waals surface area contributed by atoms with E-state index in [0.717, 1.165) is 18.2 Å². The zero-order valence-corrected chi connectivity index (χ0v) is 8.92. The summed E-state index contributed by atoms with van der Waals surface area (Å²) in [6.45, 7) is 1.97. The summed E-state index contributed by atoms with van der Waals surface area (Å²) in [6.07, 6.45) is 7.20. The third kappa shape index (κ3) is 1.49. The van der Waals surface area contributed by atoms with Crippen LogP contribution in [0, 0.1) is 18.2 Å². The van der Waals surface area contributed by atoms with Crippen molar-refractivity contribution < 1.29 is 4.39 Å². The van der Waals surface area contributed by atoms with Crippen molar-refractivity contribution in [3.63, 3.8) is 0 Å². The lowest BCUT2D eigenvalue weighted by molar-refractivity contribution is 0.621. The van der Waals surface area contributed by atoms with Gasteiger partial charge in [0.1, 0.15) is 0 Å². The Morgan fingerprint density at radius 1 is 1.50 bits per heavy atom. The maximum atomic E-state index is 13.5. The van der Waals surface area contributed by atoms with E-state index in [4.69, 9.17) is 12.2 Å². The standard InChI is InChI=1S/C13H11FN2/c1-3-8-5-9(15)6-12-13(8)10(4-2)11(14)7-16-12/h2,5-7H,3,15H2,1H3. The summed E-state index contributed by atoms with van der Waals surface area (Å²) in [5.74, 6) is 1.91. The van der Waals surface area contributed by atoms with Gasteiger partial charge in [-0.2, -0.15) is 0 Å². The number of rotatable bonds is 1. The molecule has 0 amide bonds. The molecule has 2 N–H and O–H groups in total. The van der Waals surface area contributed by atoms with E-state index in [0.29, 0.717) is 16.6 Å². The fraction of sp³-hybridized carbons (Fsp3) is 0.154. The molecule has 0 aliphatic carbocycles. The van der Waals surface area contributed by atoms with Gasteiger partial charge in [-0.05, 0) is 24.1 Å². The van der Waals surface area contributed by atoms with Crippen LogP contribution in [0.1, 0.15) is 18.1 Å². The lowest BCUT2D eigenvalue weighted by Gasteiger charge is -2.08. The van der Waals surface area contributed by atoms with Gasteiger partial charge in [0.2, 0.25) is 0 Å². The smallest absolute Gasteiger partial charge is 0.157 e. The molecule has 0 atom stereocenters. The van der Waals surface area contributed by atoms with E-state index in [1.54, 1.807) is 6.07 Å². The van der Waals surface area contributed by atoms with E-state index < -0.39 is 5.82 Å². The normalized spacial score (nSPS) is 10.3. The van der Waals surface area contributed by atoms with Gasteiger partial charge in [-0.25, -0.2) is 4.39 Å². The SMILES string of the molecule is C#Cc1c(F)cnc2cc(N)cc(CC)c12. The van der Waals surface area contributed by atoms with E-state index in [9.17, 15) is 4.39 Å². The number of aromatic nitrogens is 1. The second-order valence-corrected chi connectivity index (χ2v) is 3.55. The van der Waals surface area contributed by atoms with Crippen molar-refractivity contribution in [3.05, 3.63) is 35.3 Å². The number of fused-ring (bicyclic) bond motifs is 1. The summed E-state index contributed by atoms with van der Waals surface area (Å²) in [5.41, 5.74) is 8.20. The van der Waals surface area contributed by atoms with Gasteiger partial charge in [-0.15, -0.1) is 6.42 Å². The second kappa shape index (κ2) is 3.82. The molecule has 2 rings (SSSR count). The van der Waals surface area contributed by atoms with Crippen LogP contribution < -0.4 is 5.73 Å². The van der Waals surface area contributed by atoms with E-state index >= 15 is 0 Å². The Bertz CT molecular complexity index is 597. The largest absolute Gasteiger partial charge is 0.399 e. The summed E-state index contributed by atoms with van der Waals surface area (Å²) >= 11 is 0. The molecule has 1 aromatic carbocycles. The number of benzene rings is 1. The van der Waals surface area contributed by atoms with Crippen LogP contribution >= 0.6 is 0 Å². The number of nitrogens with zero attached hydrogens (tertiary/aromatic N) is 1. The average molecular weight is 214 g/mol. The van der Waals surface area contributed by atoms with Crippen LogP contribution in [0.15, 0.2) is 18.3 Å². The molecule has 16 heavy (non-hydrogen) atoms. The highest BCUT2D eigenvalue weighted by Crippen LogP contribution is 2.26. The summed E-state index contributed by atoms with van der Waals surface area (Å²) in [6, 6.07) is 3.51. The van der Waals surface area contributed by atoms with Crippen LogP contribution in [0.2, 0.25) is 0 Å². The first kappa shape index (κ1) is 10.4. The molecule has 0 unspecified atom stereocenters. The van der Waals surface area contributed by atoms with Crippen molar-refractivity contribution in [1.29, 1.82) is 0 Å². The summed E-state index contributed by atoms with van der Waals surface area (Å²) in [4.78, 5) is 4.01. The maximum Gasteiger partial charge on any atom is 0.157 e. The Hall–Kier alpha value is -2.08. The molecule has 3 heteroatoms.